The van der Waals surface area contributed by atoms with Crippen LogP contribution in [0.2, 0.25) is 0 Å². The van der Waals surface area contributed by atoms with E-state index in [9.17, 15) is 14.4 Å². The molecule has 9 heteroatoms. The number of carbonyl (C=O) groups excluding carboxylic acids is 2. The lowest BCUT2D eigenvalue weighted by molar-refractivity contribution is -0.113. The third-order valence-corrected chi connectivity index (χ3v) is 6.14. The number of aromatic nitrogens is 3. The molecule has 4 rings (SSSR count). The van der Waals surface area contributed by atoms with Crippen LogP contribution >= 0.6 is 11.8 Å². The van der Waals surface area contributed by atoms with Gasteiger partial charge in [0.15, 0.2) is 10.9 Å². The molecular weight excluding hydrogens is 462 g/mol. The standard InChI is InChI=1S/C26H23N5O3S/c1-16-12-13-19(14-17(16)2)27-22(32)15-35-26-29-25(34)23(30-31-26)20-10-6-7-11-21(20)28-24(33)18-8-4-3-5-9-18/h3-14H,15H2,1-2H3,(H,27,32)(H,28,33)(H,29,31,34). The molecule has 0 aliphatic rings. The van der Waals surface area contributed by atoms with Crippen molar-refractivity contribution in [2.75, 3.05) is 16.4 Å². The fourth-order valence-corrected chi connectivity index (χ4v) is 3.90. The Hall–Kier alpha value is -4.24. The Morgan fingerprint density at radius 3 is 2.37 bits per heavy atom. The van der Waals surface area contributed by atoms with Gasteiger partial charge in [0.25, 0.3) is 11.5 Å². The molecule has 4 aromatic rings. The van der Waals surface area contributed by atoms with Gasteiger partial charge in [-0.2, -0.15) is 0 Å². The summed E-state index contributed by atoms with van der Waals surface area (Å²) in [6.45, 7) is 3.98. The lowest BCUT2D eigenvalue weighted by atomic mass is 10.1. The summed E-state index contributed by atoms with van der Waals surface area (Å²) in [7, 11) is 0. The van der Waals surface area contributed by atoms with Crippen molar-refractivity contribution in [2.24, 2.45) is 0 Å². The van der Waals surface area contributed by atoms with Crippen molar-refractivity contribution in [3.05, 3.63) is 99.8 Å². The van der Waals surface area contributed by atoms with Crippen molar-refractivity contribution < 1.29 is 9.59 Å². The van der Waals surface area contributed by atoms with Crippen LogP contribution in [0.5, 0.6) is 0 Å². The molecule has 8 nitrogen and oxygen atoms in total. The number of aromatic amines is 1. The predicted octanol–water partition coefficient (Wildman–Crippen LogP) is 4.43. The Morgan fingerprint density at radius 1 is 0.886 bits per heavy atom. The third kappa shape index (κ3) is 6.01. The summed E-state index contributed by atoms with van der Waals surface area (Å²) in [4.78, 5) is 40.3. The first-order valence-electron chi connectivity index (χ1n) is 10.8. The van der Waals surface area contributed by atoms with Crippen LogP contribution < -0.4 is 16.2 Å². The maximum atomic E-state index is 12.8. The molecule has 0 bridgehead atoms. The average molecular weight is 486 g/mol. The van der Waals surface area contributed by atoms with Crippen LogP contribution in [0.1, 0.15) is 21.5 Å². The quantitative estimate of drug-likeness (QED) is 0.334. The second-order valence-corrected chi connectivity index (χ2v) is 8.77. The van der Waals surface area contributed by atoms with Gasteiger partial charge in [0.05, 0.1) is 11.4 Å². The molecule has 0 radical (unpaired) electrons. The fraction of sp³-hybridized carbons (Fsp3) is 0.115. The number of hydrogen-bond donors (Lipinski definition) is 3. The Labute approximate surface area is 206 Å². The Kier molecular flexibility index (Phi) is 7.37. The van der Waals surface area contributed by atoms with Crippen LogP contribution in [0.25, 0.3) is 11.3 Å². The van der Waals surface area contributed by atoms with E-state index in [2.05, 4.69) is 25.8 Å². The summed E-state index contributed by atoms with van der Waals surface area (Å²) in [6.07, 6.45) is 0. The molecule has 0 aliphatic heterocycles. The number of amides is 2. The van der Waals surface area contributed by atoms with Crippen LogP contribution in [0.3, 0.4) is 0 Å². The van der Waals surface area contributed by atoms with E-state index in [0.29, 0.717) is 22.5 Å². The number of nitrogens with zero attached hydrogens (tertiary/aromatic N) is 2. The number of rotatable bonds is 7. The molecule has 0 saturated heterocycles. The summed E-state index contributed by atoms with van der Waals surface area (Å²) < 4.78 is 0. The number of para-hydroxylation sites is 1. The number of anilines is 2. The van der Waals surface area contributed by atoms with Crippen molar-refractivity contribution in [1.29, 1.82) is 0 Å². The zero-order chi connectivity index (χ0) is 24.8. The molecule has 0 saturated carbocycles. The molecule has 0 atom stereocenters. The lowest BCUT2D eigenvalue weighted by Gasteiger charge is -2.10. The summed E-state index contributed by atoms with van der Waals surface area (Å²) in [5, 5.41) is 14.0. The van der Waals surface area contributed by atoms with Crippen LogP contribution in [0, 0.1) is 13.8 Å². The van der Waals surface area contributed by atoms with Gasteiger partial charge < -0.3 is 10.6 Å². The highest BCUT2D eigenvalue weighted by Gasteiger charge is 2.15. The molecule has 3 aromatic carbocycles. The monoisotopic (exact) mass is 485 g/mol. The molecule has 176 valence electrons. The minimum absolute atomic E-state index is 0.0562. The first-order valence-corrected chi connectivity index (χ1v) is 11.8. The van der Waals surface area contributed by atoms with Crippen molar-refractivity contribution in [3.63, 3.8) is 0 Å². The lowest BCUT2D eigenvalue weighted by Crippen LogP contribution is -2.18. The number of nitrogens with one attached hydrogen (secondary N) is 3. The summed E-state index contributed by atoms with van der Waals surface area (Å²) >= 11 is 1.07. The zero-order valence-electron chi connectivity index (χ0n) is 19.2. The van der Waals surface area contributed by atoms with Gasteiger partial charge in [-0.15, -0.1) is 10.2 Å². The normalized spacial score (nSPS) is 10.6. The number of benzene rings is 3. The number of thioether (sulfide) groups is 1. The van der Waals surface area contributed by atoms with Gasteiger partial charge in [0.2, 0.25) is 5.91 Å². The van der Waals surface area contributed by atoms with Crippen LogP contribution in [0.15, 0.2) is 82.7 Å². The van der Waals surface area contributed by atoms with Gasteiger partial charge in [0.1, 0.15) is 0 Å². The number of carbonyl (C=O) groups is 2. The van der Waals surface area contributed by atoms with E-state index in [1.807, 2.05) is 38.1 Å². The highest BCUT2D eigenvalue weighted by atomic mass is 32.2. The summed E-state index contributed by atoms with van der Waals surface area (Å²) in [5.41, 5.74) is 3.91. The third-order valence-electron chi connectivity index (χ3n) is 5.27. The Morgan fingerprint density at radius 2 is 1.63 bits per heavy atom. The fourth-order valence-electron chi connectivity index (χ4n) is 3.30. The van der Waals surface area contributed by atoms with E-state index in [-0.39, 0.29) is 28.4 Å². The number of H-pyrrole nitrogens is 1. The number of aryl methyl sites for hydroxylation is 2. The van der Waals surface area contributed by atoms with Gasteiger partial charge in [-0.1, -0.05) is 54.2 Å². The van der Waals surface area contributed by atoms with Crippen molar-refractivity contribution in [1.82, 2.24) is 15.2 Å². The van der Waals surface area contributed by atoms with Crippen LogP contribution in [0.4, 0.5) is 11.4 Å². The van der Waals surface area contributed by atoms with Gasteiger partial charge in [-0.25, -0.2) is 0 Å². The highest BCUT2D eigenvalue weighted by Crippen LogP contribution is 2.24. The van der Waals surface area contributed by atoms with Gasteiger partial charge in [-0.05, 0) is 55.3 Å². The van der Waals surface area contributed by atoms with E-state index in [0.717, 1.165) is 22.9 Å². The first-order chi connectivity index (χ1) is 16.9. The van der Waals surface area contributed by atoms with E-state index >= 15 is 0 Å². The molecule has 0 aliphatic carbocycles. The minimum atomic E-state index is -0.474. The van der Waals surface area contributed by atoms with Gasteiger partial charge >= 0.3 is 0 Å². The second-order valence-electron chi connectivity index (χ2n) is 7.81. The maximum absolute atomic E-state index is 12.8. The maximum Gasteiger partial charge on any atom is 0.278 e. The average Bonchev–Trinajstić information content (AvgIpc) is 2.86. The predicted molar refractivity (Wildman–Crippen MR) is 138 cm³/mol. The molecule has 0 unspecified atom stereocenters. The SMILES string of the molecule is Cc1ccc(NC(=O)CSc2nnc(-c3ccccc3NC(=O)c3ccccc3)c(=O)[nH]2)cc1C. The highest BCUT2D eigenvalue weighted by molar-refractivity contribution is 7.99. The Balaban J connectivity index is 1.45. The summed E-state index contributed by atoms with van der Waals surface area (Å²) in [5.74, 6) is -0.469. The van der Waals surface area contributed by atoms with E-state index in [1.165, 1.54) is 0 Å². The van der Waals surface area contributed by atoms with E-state index in [4.69, 9.17) is 0 Å². The topological polar surface area (TPSA) is 117 Å². The molecule has 1 aromatic heterocycles. The second kappa shape index (κ2) is 10.8. The molecule has 2 amide bonds. The summed E-state index contributed by atoms with van der Waals surface area (Å²) in [6, 6.07) is 21.3. The van der Waals surface area contributed by atoms with Gasteiger partial charge in [-0.3, -0.25) is 19.4 Å². The minimum Gasteiger partial charge on any atom is -0.325 e. The van der Waals surface area contributed by atoms with Crippen molar-refractivity contribution in [2.45, 2.75) is 19.0 Å². The largest absolute Gasteiger partial charge is 0.325 e. The zero-order valence-corrected chi connectivity index (χ0v) is 20.0. The molecule has 35 heavy (non-hydrogen) atoms. The van der Waals surface area contributed by atoms with E-state index in [1.54, 1.807) is 48.5 Å². The molecular formula is C26H23N5O3S. The van der Waals surface area contributed by atoms with Crippen molar-refractivity contribution in [3.8, 4) is 11.3 Å². The molecule has 0 spiro atoms. The first kappa shape index (κ1) is 23.9. The van der Waals surface area contributed by atoms with Crippen molar-refractivity contribution >= 4 is 35.0 Å². The van der Waals surface area contributed by atoms with Crippen LogP contribution in [-0.4, -0.2) is 32.7 Å². The van der Waals surface area contributed by atoms with Crippen LogP contribution in [-0.2, 0) is 4.79 Å². The molecule has 0 fully saturated rings. The number of hydrogen-bond acceptors (Lipinski definition) is 6. The van der Waals surface area contributed by atoms with E-state index < -0.39 is 5.56 Å². The molecule has 3 N–H and O–H groups in total. The molecule has 1 heterocycles. The smallest absolute Gasteiger partial charge is 0.278 e. The van der Waals surface area contributed by atoms with Gasteiger partial charge in [0, 0.05) is 16.8 Å². The Bertz CT molecular complexity index is 1440.